The highest BCUT2D eigenvalue weighted by Crippen LogP contribution is 2.32. The maximum atomic E-state index is 13.3. The lowest BCUT2D eigenvalue weighted by molar-refractivity contribution is -0.121. The fraction of sp³-hybridized carbons (Fsp3) is 0.304. The number of anilines is 1. The number of benzene rings is 2. The predicted octanol–water partition coefficient (Wildman–Crippen LogP) is 3.16. The van der Waals surface area contributed by atoms with Gasteiger partial charge in [-0.1, -0.05) is 30.3 Å². The summed E-state index contributed by atoms with van der Waals surface area (Å²) in [6, 6.07) is 14.9. The number of nitrogens with one attached hydrogen (secondary N) is 1. The van der Waals surface area contributed by atoms with Crippen molar-refractivity contribution in [3.05, 3.63) is 65.0 Å². The van der Waals surface area contributed by atoms with Gasteiger partial charge in [-0.2, -0.15) is 0 Å². The van der Waals surface area contributed by atoms with Crippen molar-refractivity contribution in [3.8, 4) is 17.0 Å². The van der Waals surface area contributed by atoms with Gasteiger partial charge in [-0.05, 0) is 29.3 Å². The summed E-state index contributed by atoms with van der Waals surface area (Å²) in [5.74, 6) is 0.839. The molecule has 1 aromatic heterocycles. The monoisotopic (exact) mass is 469 g/mol. The Morgan fingerprint density at radius 1 is 1.12 bits per heavy atom. The Hall–Kier alpha value is -2.75. The molecule has 1 atom stereocenters. The molecule has 0 saturated carbocycles. The van der Waals surface area contributed by atoms with E-state index in [9.17, 15) is 13.2 Å². The molecule has 7 nitrogen and oxygen atoms in total. The van der Waals surface area contributed by atoms with Crippen molar-refractivity contribution in [2.45, 2.75) is 12.5 Å². The van der Waals surface area contributed by atoms with Crippen LogP contribution in [0.5, 0.6) is 5.75 Å². The van der Waals surface area contributed by atoms with E-state index in [0.29, 0.717) is 24.8 Å². The van der Waals surface area contributed by atoms with E-state index in [4.69, 9.17) is 4.74 Å². The molecule has 2 aliphatic rings. The molecule has 1 amide bonds. The third-order valence-corrected chi connectivity index (χ3v) is 8.19. The van der Waals surface area contributed by atoms with E-state index >= 15 is 0 Å². The number of rotatable bonds is 5. The highest BCUT2D eigenvalue weighted by atomic mass is 32.2. The zero-order valence-electron chi connectivity index (χ0n) is 17.4. The zero-order valence-corrected chi connectivity index (χ0v) is 19.0. The van der Waals surface area contributed by atoms with E-state index in [2.05, 4.69) is 16.4 Å². The normalized spacial score (nSPS) is 18.5. The molecule has 3 aromatic rings. The first-order valence-corrected chi connectivity index (χ1v) is 13.2. The molecule has 1 unspecified atom stereocenters. The second-order valence-corrected chi connectivity index (χ2v) is 11.1. The molecule has 0 aliphatic carbocycles. The number of ether oxygens (including phenoxy) is 1. The summed E-state index contributed by atoms with van der Waals surface area (Å²) in [6.45, 7) is 1.36. The van der Waals surface area contributed by atoms with Gasteiger partial charge in [-0.3, -0.25) is 9.69 Å². The van der Waals surface area contributed by atoms with Crippen LogP contribution in [-0.2, 0) is 21.1 Å². The van der Waals surface area contributed by atoms with E-state index in [-0.39, 0.29) is 17.4 Å². The van der Waals surface area contributed by atoms with Crippen molar-refractivity contribution < 1.29 is 17.9 Å². The van der Waals surface area contributed by atoms with Gasteiger partial charge in [-0.15, -0.1) is 11.3 Å². The van der Waals surface area contributed by atoms with Crippen LogP contribution in [0.2, 0.25) is 0 Å². The van der Waals surface area contributed by atoms with Crippen LogP contribution >= 0.6 is 11.3 Å². The molecule has 2 aliphatic heterocycles. The van der Waals surface area contributed by atoms with Gasteiger partial charge in [0.1, 0.15) is 11.8 Å². The molecule has 32 heavy (non-hydrogen) atoms. The summed E-state index contributed by atoms with van der Waals surface area (Å²) in [4.78, 5) is 19.9. The maximum absolute atomic E-state index is 13.3. The molecule has 5 rings (SSSR count). The summed E-state index contributed by atoms with van der Waals surface area (Å²) >= 11 is 1.38. The van der Waals surface area contributed by atoms with Gasteiger partial charge in [0.2, 0.25) is 5.91 Å². The van der Waals surface area contributed by atoms with Gasteiger partial charge < -0.3 is 10.1 Å². The summed E-state index contributed by atoms with van der Waals surface area (Å²) in [6.07, 6.45) is 0.890. The number of carbonyl (C=O) groups excluding carboxylic acids is 1. The first-order valence-electron chi connectivity index (χ1n) is 10.5. The van der Waals surface area contributed by atoms with Gasteiger partial charge >= 0.3 is 0 Å². The minimum atomic E-state index is -3.04. The maximum Gasteiger partial charge on any atom is 0.248 e. The lowest BCUT2D eigenvalue weighted by Gasteiger charge is -2.33. The second kappa shape index (κ2) is 8.65. The molecule has 3 heterocycles. The van der Waals surface area contributed by atoms with E-state index < -0.39 is 15.9 Å². The molecule has 9 heteroatoms. The van der Waals surface area contributed by atoms with Gasteiger partial charge in [0, 0.05) is 30.5 Å². The lowest BCUT2D eigenvalue weighted by Crippen LogP contribution is -2.46. The average molecular weight is 470 g/mol. The number of amides is 1. The standard InChI is InChI=1S/C23H23N3O4S2/c27-22(21(16-4-2-1-3-5-16)26-9-12-32(28,29)13-10-26)25-23-24-19(15-31-23)17-6-7-20-18(14-17)8-11-30-20/h1-7,14-15,21H,8-13H2,(H,24,25,27). The Morgan fingerprint density at radius 3 is 2.69 bits per heavy atom. The summed E-state index contributed by atoms with van der Waals surface area (Å²) in [5, 5.41) is 5.40. The number of sulfone groups is 1. The Kier molecular flexibility index (Phi) is 5.71. The number of thiazole rings is 1. The van der Waals surface area contributed by atoms with Crippen molar-refractivity contribution in [2.24, 2.45) is 0 Å². The van der Waals surface area contributed by atoms with Crippen LogP contribution in [-0.4, -0.2) is 55.4 Å². The Morgan fingerprint density at radius 2 is 1.91 bits per heavy atom. The summed E-state index contributed by atoms with van der Waals surface area (Å²) < 4.78 is 29.3. The molecule has 0 radical (unpaired) electrons. The SMILES string of the molecule is O=C(Nc1nc(-c2ccc3c(c2)CCO3)cs1)C(c1ccccc1)N1CCS(=O)(=O)CC1. The van der Waals surface area contributed by atoms with E-state index in [1.54, 1.807) is 0 Å². The van der Waals surface area contributed by atoms with Crippen molar-refractivity contribution in [1.29, 1.82) is 0 Å². The third-order valence-electron chi connectivity index (χ3n) is 5.83. The fourth-order valence-electron chi connectivity index (χ4n) is 4.13. The molecule has 1 N–H and O–H groups in total. The summed E-state index contributed by atoms with van der Waals surface area (Å²) in [7, 11) is -3.04. The molecule has 1 fully saturated rings. The van der Waals surface area contributed by atoms with Crippen LogP contribution in [0, 0.1) is 0 Å². The van der Waals surface area contributed by atoms with Crippen molar-refractivity contribution in [1.82, 2.24) is 9.88 Å². The van der Waals surface area contributed by atoms with Crippen LogP contribution in [0.4, 0.5) is 5.13 Å². The highest BCUT2D eigenvalue weighted by Gasteiger charge is 2.33. The molecule has 0 spiro atoms. The highest BCUT2D eigenvalue weighted by molar-refractivity contribution is 7.91. The largest absolute Gasteiger partial charge is 0.493 e. The van der Waals surface area contributed by atoms with Crippen molar-refractivity contribution >= 4 is 32.2 Å². The second-order valence-electron chi connectivity index (χ2n) is 7.95. The fourth-order valence-corrected chi connectivity index (χ4v) is 6.08. The van der Waals surface area contributed by atoms with Gasteiger partial charge in [-0.25, -0.2) is 13.4 Å². The van der Waals surface area contributed by atoms with E-state index in [1.165, 1.54) is 16.9 Å². The third kappa shape index (κ3) is 4.41. The topological polar surface area (TPSA) is 88.6 Å². The first kappa shape index (κ1) is 21.1. The quantitative estimate of drug-likeness (QED) is 0.618. The minimum absolute atomic E-state index is 0.0626. The van der Waals surface area contributed by atoms with E-state index in [0.717, 1.165) is 29.0 Å². The van der Waals surface area contributed by atoms with Crippen LogP contribution in [0.15, 0.2) is 53.9 Å². The molecular formula is C23H23N3O4S2. The van der Waals surface area contributed by atoms with E-state index in [1.807, 2.05) is 52.7 Å². The first-order chi connectivity index (χ1) is 15.5. The molecular weight excluding hydrogens is 446 g/mol. The average Bonchev–Trinajstić information content (AvgIpc) is 3.45. The summed E-state index contributed by atoms with van der Waals surface area (Å²) in [5.41, 5.74) is 3.80. The van der Waals surface area contributed by atoms with Gasteiger partial charge in [0.15, 0.2) is 15.0 Å². The Bertz CT molecular complexity index is 1230. The predicted molar refractivity (Wildman–Crippen MR) is 125 cm³/mol. The number of aromatic nitrogens is 1. The van der Waals surface area contributed by atoms with Gasteiger partial charge in [0.05, 0.1) is 23.8 Å². The number of carbonyl (C=O) groups is 1. The van der Waals surface area contributed by atoms with Crippen LogP contribution in [0.25, 0.3) is 11.3 Å². The van der Waals surface area contributed by atoms with Crippen molar-refractivity contribution in [2.75, 3.05) is 36.5 Å². The Labute approximate surface area is 191 Å². The number of fused-ring (bicyclic) bond motifs is 1. The number of hydrogen-bond acceptors (Lipinski definition) is 7. The number of nitrogens with zero attached hydrogens (tertiary/aromatic N) is 2. The van der Waals surface area contributed by atoms with Crippen LogP contribution in [0.3, 0.4) is 0 Å². The van der Waals surface area contributed by atoms with Crippen LogP contribution < -0.4 is 10.1 Å². The molecule has 1 saturated heterocycles. The Balaban J connectivity index is 1.36. The number of hydrogen-bond donors (Lipinski definition) is 1. The smallest absolute Gasteiger partial charge is 0.248 e. The van der Waals surface area contributed by atoms with Gasteiger partial charge in [0.25, 0.3) is 0 Å². The minimum Gasteiger partial charge on any atom is -0.493 e. The molecule has 166 valence electrons. The van der Waals surface area contributed by atoms with Crippen molar-refractivity contribution in [3.63, 3.8) is 0 Å². The zero-order chi connectivity index (χ0) is 22.1. The molecule has 2 aromatic carbocycles. The lowest BCUT2D eigenvalue weighted by atomic mass is 10.0. The van der Waals surface area contributed by atoms with Crippen LogP contribution in [0.1, 0.15) is 17.2 Å². The molecule has 0 bridgehead atoms.